The smallest absolute Gasteiger partial charge is 0.147 e. The Morgan fingerprint density at radius 2 is 1.81 bits per heavy atom. The third-order valence-electron chi connectivity index (χ3n) is 5.18. The molecule has 1 unspecified atom stereocenters. The van der Waals surface area contributed by atoms with Crippen LogP contribution in [0, 0.1) is 5.82 Å². The zero-order valence-corrected chi connectivity index (χ0v) is 14.4. The highest BCUT2D eigenvalue weighted by Gasteiger charge is 2.46. The lowest BCUT2D eigenvalue weighted by atomic mass is 9.82. The minimum Gasteiger partial charge on any atom is -0.322 e. The molecule has 1 aliphatic carbocycles. The minimum atomic E-state index is -0.371. The molecule has 3 rings (SSSR count). The molecule has 1 atom stereocenters. The Morgan fingerprint density at radius 3 is 2.43 bits per heavy atom. The molecule has 1 saturated heterocycles. The van der Waals surface area contributed by atoms with E-state index < -0.39 is 0 Å². The van der Waals surface area contributed by atoms with Crippen LogP contribution in [0.2, 0.25) is 5.02 Å². The van der Waals surface area contributed by atoms with E-state index in [1.165, 1.54) is 25.7 Å². The van der Waals surface area contributed by atoms with Crippen LogP contribution in [0.25, 0.3) is 0 Å². The van der Waals surface area contributed by atoms with E-state index in [0.717, 1.165) is 25.9 Å². The molecule has 1 heterocycles. The van der Waals surface area contributed by atoms with E-state index in [1.807, 2.05) is 0 Å². The summed E-state index contributed by atoms with van der Waals surface area (Å²) in [6, 6.07) is 3.27. The van der Waals surface area contributed by atoms with Crippen LogP contribution in [0.15, 0.2) is 16.6 Å². The van der Waals surface area contributed by atoms with Gasteiger partial charge in [-0.3, -0.25) is 4.90 Å². The van der Waals surface area contributed by atoms with Crippen molar-refractivity contribution in [2.45, 2.75) is 50.1 Å². The average molecular weight is 376 g/mol. The van der Waals surface area contributed by atoms with Crippen LogP contribution in [-0.4, -0.2) is 23.5 Å². The maximum Gasteiger partial charge on any atom is 0.147 e. The summed E-state index contributed by atoms with van der Waals surface area (Å²) in [6.45, 7) is 2.17. The quantitative estimate of drug-likeness (QED) is 0.779. The number of halogens is 3. The Labute approximate surface area is 139 Å². The zero-order chi connectivity index (χ0) is 15.0. The monoisotopic (exact) mass is 374 g/mol. The van der Waals surface area contributed by atoms with Crippen molar-refractivity contribution >= 4 is 27.5 Å². The van der Waals surface area contributed by atoms with Crippen LogP contribution >= 0.6 is 27.5 Å². The Kier molecular flexibility index (Phi) is 4.60. The minimum absolute atomic E-state index is 0.0888. The van der Waals surface area contributed by atoms with Crippen molar-refractivity contribution in [1.82, 2.24) is 4.90 Å². The highest BCUT2D eigenvalue weighted by atomic mass is 79.9. The summed E-state index contributed by atoms with van der Waals surface area (Å²) in [4.78, 5) is 2.50. The van der Waals surface area contributed by atoms with Crippen molar-refractivity contribution in [1.29, 1.82) is 0 Å². The van der Waals surface area contributed by atoms with Gasteiger partial charge in [-0.05, 0) is 60.8 Å². The Bertz CT molecular complexity index is 525. The number of hydrogen-bond acceptors (Lipinski definition) is 2. The molecule has 0 aromatic heterocycles. The van der Waals surface area contributed by atoms with Gasteiger partial charge >= 0.3 is 0 Å². The second-order valence-corrected chi connectivity index (χ2v) is 7.48. The first-order chi connectivity index (χ1) is 10.1. The summed E-state index contributed by atoms with van der Waals surface area (Å²) in [5.41, 5.74) is 7.04. The topological polar surface area (TPSA) is 29.3 Å². The van der Waals surface area contributed by atoms with Crippen LogP contribution in [0.3, 0.4) is 0 Å². The SMILES string of the molecule is NC(c1ccc(Br)c(Cl)c1F)C1(N2CCCC2)CCCC1. The Morgan fingerprint density at radius 1 is 1.19 bits per heavy atom. The van der Waals surface area contributed by atoms with Gasteiger partial charge in [0.2, 0.25) is 0 Å². The molecule has 0 bridgehead atoms. The number of benzene rings is 1. The number of hydrogen-bond donors (Lipinski definition) is 1. The van der Waals surface area contributed by atoms with Gasteiger partial charge in [-0.15, -0.1) is 0 Å². The molecule has 21 heavy (non-hydrogen) atoms. The third kappa shape index (κ3) is 2.65. The molecule has 1 aromatic rings. The van der Waals surface area contributed by atoms with Gasteiger partial charge in [0.25, 0.3) is 0 Å². The van der Waals surface area contributed by atoms with E-state index in [0.29, 0.717) is 10.0 Å². The first-order valence-corrected chi connectivity index (χ1v) is 8.87. The molecule has 1 aliphatic heterocycles. The molecule has 2 fully saturated rings. The van der Waals surface area contributed by atoms with Crippen molar-refractivity contribution in [3.05, 3.63) is 33.0 Å². The molecule has 0 spiro atoms. The van der Waals surface area contributed by atoms with Gasteiger partial charge in [0, 0.05) is 15.6 Å². The second kappa shape index (κ2) is 6.15. The number of likely N-dealkylation sites (tertiary alicyclic amines) is 1. The first kappa shape index (κ1) is 15.7. The molecule has 116 valence electrons. The summed E-state index contributed by atoms with van der Waals surface area (Å²) in [5.74, 6) is -0.371. The highest BCUT2D eigenvalue weighted by molar-refractivity contribution is 9.10. The number of nitrogens with two attached hydrogens (primary N) is 1. The molecule has 2 N–H and O–H groups in total. The maximum atomic E-state index is 14.6. The van der Waals surface area contributed by atoms with Gasteiger partial charge in [-0.2, -0.15) is 0 Å². The summed E-state index contributed by atoms with van der Waals surface area (Å²) in [5, 5.41) is 0.137. The van der Waals surface area contributed by atoms with Crippen LogP contribution < -0.4 is 5.73 Å². The van der Waals surface area contributed by atoms with Gasteiger partial charge in [-0.25, -0.2) is 4.39 Å². The van der Waals surface area contributed by atoms with Gasteiger partial charge in [-0.1, -0.05) is 30.5 Å². The lowest BCUT2D eigenvalue weighted by Gasteiger charge is -2.43. The molecule has 0 radical (unpaired) electrons. The standard InChI is InChI=1S/C16H21BrClFN2/c17-12-6-5-11(14(19)13(12)18)15(20)16(7-1-2-8-16)21-9-3-4-10-21/h5-6,15H,1-4,7-10,20H2. The van der Waals surface area contributed by atoms with E-state index >= 15 is 0 Å². The van der Waals surface area contributed by atoms with Crippen molar-refractivity contribution in [3.63, 3.8) is 0 Å². The first-order valence-electron chi connectivity index (χ1n) is 7.70. The van der Waals surface area contributed by atoms with Crippen molar-refractivity contribution in [2.75, 3.05) is 13.1 Å². The van der Waals surface area contributed by atoms with Crippen LogP contribution in [0.5, 0.6) is 0 Å². The molecule has 1 aromatic carbocycles. The molecule has 2 nitrogen and oxygen atoms in total. The summed E-state index contributed by atoms with van der Waals surface area (Å²) in [7, 11) is 0. The van der Waals surface area contributed by atoms with E-state index in [-0.39, 0.29) is 22.4 Å². The van der Waals surface area contributed by atoms with Crippen LogP contribution in [0.4, 0.5) is 4.39 Å². The largest absolute Gasteiger partial charge is 0.322 e. The van der Waals surface area contributed by atoms with Crippen LogP contribution in [-0.2, 0) is 0 Å². The lowest BCUT2D eigenvalue weighted by Crippen LogP contribution is -2.52. The predicted octanol–water partition coefficient (Wildman–Crippen LogP) is 4.65. The average Bonchev–Trinajstić information content (AvgIpc) is 3.15. The van der Waals surface area contributed by atoms with Gasteiger partial charge in [0.05, 0.1) is 11.1 Å². The van der Waals surface area contributed by atoms with Gasteiger partial charge < -0.3 is 5.73 Å². The van der Waals surface area contributed by atoms with Crippen LogP contribution in [0.1, 0.15) is 50.1 Å². The molecule has 5 heteroatoms. The third-order valence-corrected chi connectivity index (χ3v) is 6.44. The predicted molar refractivity (Wildman–Crippen MR) is 88.0 cm³/mol. The summed E-state index contributed by atoms with van der Waals surface area (Å²) in [6.07, 6.45) is 6.91. The highest BCUT2D eigenvalue weighted by Crippen LogP contribution is 2.46. The molecule has 2 aliphatic rings. The lowest BCUT2D eigenvalue weighted by molar-refractivity contribution is 0.0908. The fourth-order valence-corrected chi connectivity index (χ4v) is 4.52. The van der Waals surface area contributed by atoms with Gasteiger partial charge in [0.1, 0.15) is 5.82 Å². The number of nitrogens with zero attached hydrogens (tertiary/aromatic N) is 1. The summed E-state index contributed by atoms with van der Waals surface area (Å²) >= 11 is 9.32. The maximum absolute atomic E-state index is 14.6. The van der Waals surface area contributed by atoms with E-state index in [2.05, 4.69) is 20.8 Å². The second-order valence-electron chi connectivity index (χ2n) is 6.25. The van der Waals surface area contributed by atoms with Crippen molar-refractivity contribution < 1.29 is 4.39 Å². The van der Waals surface area contributed by atoms with Gasteiger partial charge in [0.15, 0.2) is 0 Å². The fraction of sp³-hybridized carbons (Fsp3) is 0.625. The van der Waals surface area contributed by atoms with Crippen molar-refractivity contribution in [2.24, 2.45) is 5.73 Å². The van der Waals surface area contributed by atoms with E-state index in [4.69, 9.17) is 17.3 Å². The molecule has 1 saturated carbocycles. The van der Waals surface area contributed by atoms with E-state index in [1.54, 1.807) is 12.1 Å². The molecular weight excluding hydrogens is 355 g/mol. The molecule has 0 amide bonds. The fourth-order valence-electron chi connectivity index (χ4n) is 4.04. The summed E-state index contributed by atoms with van der Waals surface area (Å²) < 4.78 is 15.1. The Balaban J connectivity index is 1.98. The number of rotatable bonds is 3. The van der Waals surface area contributed by atoms with Crippen molar-refractivity contribution in [3.8, 4) is 0 Å². The Hall–Kier alpha value is -0.160. The normalized spacial score (nSPS) is 23.6. The zero-order valence-electron chi connectivity index (χ0n) is 12.0. The van der Waals surface area contributed by atoms with E-state index in [9.17, 15) is 4.39 Å². The molecular formula is C16H21BrClFN2.